The minimum absolute atomic E-state index is 0.133. The van der Waals surface area contributed by atoms with Crippen molar-refractivity contribution < 1.29 is 4.39 Å². The summed E-state index contributed by atoms with van der Waals surface area (Å²) in [4.78, 5) is 8.91. The van der Waals surface area contributed by atoms with E-state index < -0.39 is 0 Å². The van der Waals surface area contributed by atoms with Gasteiger partial charge in [0.15, 0.2) is 0 Å². The average Bonchev–Trinajstić information content (AvgIpc) is 2.55. The van der Waals surface area contributed by atoms with Crippen LogP contribution in [0.25, 0.3) is 22.2 Å². The predicted octanol–water partition coefficient (Wildman–Crippen LogP) is 5.48. The van der Waals surface area contributed by atoms with E-state index >= 15 is 0 Å². The highest BCUT2D eigenvalue weighted by Gasteiger charge is 2.15. The summed E-state index contributed by atoms with van der Waals surface area (Å²) < 4.78 is 14.1. The number of benzene rings is 2. The number of hydrogen-bond donors (Lipinski definition) is 0. The molecule has 0 atom stereocenters. The Morgan fingerprint density at radius 1 is 0.957 bits per heavy atom. The summed E-state index contributed by atoms with van der Waals surface area (Å²) in [7, 11) is 0. The first-order chi connectivity index (χ1) is 10.9. The third kappa shape index (κ3) is 2.61. The molecule has 0 fully saturated rings. The molecule has 0 spiro atoms. The molecule has 3 rings (SSSR count). The summed E-state index contributed by atoms with van der Waals surface area (Å²) in [6.45, 7) is 9.90. The summed E-state index contributed by atoms with van der Waals surface area (Å²) in [6.07, 6.45) is 1.59. The van der Waals surface area contributed by atoms with Crippen LogP contribution in [-0.2, 0) is 0 Å². The largest absolute Gasteiger partial charge is 0.236 e. The van der Waals surface area contributed by atoms with E-state index in [1.807, 2.05) is 19.9 Å². The van der Waals surface area contributed by atoms with Crippen LogP contribution in [-0.4, -0.2) is 9.97 Å². The molecule has 1 heterocycles. The maximum atomic E-state index is 14.1. The van der Waals surface area contributed by atoms with Crippen molar-refractivity contribution in [1.29, 1.82) is 0 Å². The first kappa shape index (κ1) is 15.6. The van der Waals surface area contributed by atoms with Crippen molar-refractivity contribution in [2.24, 2.45) is 0 Å². The van der Waals surface area contributed by atoms with Crippen LogP contribution in [0.4, 0.5) is 4.39 Å². The number of hydrogen-bond acceptors (Lipinski definition) is 2. The molecule has 3 aromatic rings. The molecule has 2 nitrogen and oxygen atoms in total. The molecule has 0 saturated heterocycles. The van der Waals surface area contributed by atoms with Crippen molar-refractivity contribution in [3.63, 3.8) is 0 Å². The third-order valence-electron chi connectivity index (χ3n) is 4.59. The number of nitrogens with zero attached hydrogens (tertiary/aromatic N) is 2. The zero-order valence-corrected chi connectivity index (χ0v) is 14.2. The molecule has 1 aromatic heterocycles. The topological polar surface area (TPSA) is 25.8 Å². The molecule has 0 amide bonds. The van der Waals surface area contributed by atoms with Crippen LogP contribution in [0.5, 0.6) is 0 Å². The second-order valence-corrected chi connectivity index (χ2v) is 6.46. The first-order valence-corrected chi connectivity index (χ1v) is 7.91. The van der Waals surface area contributed by atoms with Crippen LogP contribution < -0.4 is 0 Å². The van der Waals surface area contributed by atoms with E-state index in [0.29, 0.717) is 17.0 Å². The van der Waals surface area contributed by atoms with Crippen molar-refractivity contribution in [1.82, 2.24) is 9.97 Å². The van der Waals surface area contributed by atoms with Gasteiger partial charge in [0.2, 0.25) is 0 Å². The average molecular weight is 308 g/mol. The summed E-state index contributed by atoms with van der Waals surface area (Å²) >= 11 is 0. The van der Waals surface area contributed by atoms with Crippen LogP contribution in [0.1, 0.15) is 42.0 Å². The molecule has 0 aliphatic carbocycles. The number of aromatic nitrogens is 2. The van der Waals surface area contributed by atoms with Crippen molar-refractivity contribution in [3.8, 4) is 11.3 Å². The Morgan fingerprint density at radius 3 is 2.39 bits per heavy atom. The number of halogens is 1. The summed E-state index contributed by atoms with van der Waals surface area (Å²) in [5.74, 6) is 0.321. The van der Waals surface area contributed by atoms with Gasteiger partial charge in [-0.15, -0.1) is 0 Å². The van der Waals surface area contributed by atoms with Crippen LogP contribution in [0.2, 0.25) is 0 Å². The van der Waals surface area contributed by atoms with Crippen LogP contribution >= 0.6 is 0 Å². The van der Waals surface area contributed by atoms with Gasteiger partial charge in [0, 0.05) is 10.9 Å². The van der Waals surface area contributed by atoms with Crippen LogP contribution in [0.15, 0.2) is 30.6 Å². The molecule has 2 aromatic carbocycles. The lowest BCUT2D eigenvalue weighted by atomic mass is 9.94. The minimum Gasteiger partial charge on any atom is -0.236 e. The standard InChI is InChI=1S/C20H21FN2/c1-11(2)15-6-7-16-18(9-15)22-10-23-20(16)17-8-12(3)19(21)14(5)13(17)4/h6-11H,1-5H3. The van der Waals surface area contributed by atoms with Crippen LogP contribution in [0.3, 0.4) is 0 Å². The van der Waals surface area contributed by atoms with Gasteiger partial charge >= 0.3 is 0 Å². The molecule has 0 N–H and O–H groups in total. The Bertz CT molecular complexity index is 898. The van der Waals surface area contributed by atoms with Crippen LogP contribution in [0, 0.1) is 26.6 Å². The van der Waals surface area contributed by atoms with E-state index in [2.05, 4.69) is 42.0 Å². The fraction of sp³-hybridized carbons (Fsp3) is 0.300. The molecule has 23 heavy (non-hydrogen) atoms. The number of rotatable bonds is 2. The van der Waals surface area contributed by atoms with Gasteiger partial charge in [0.25, 0.3) is 0 Å². The zero-order valence-electron chi connectivity index (χ0n) is 14.2. The Labute approximate surface area is 136 Å². The minimum atomic E-state index is -0.133. The van der Waals surface area contributed by atoms with Crippen molar-refractivity contribution in [2.75, 3.05) is 0 Å². The van der Waals surface area contributed by atoms with Gasteiger partial charge in [-0.2, -0.15) is 0 Å². The molecule has 118 valence electrons. The van der Waals surface area contributed by atoms with Gasteiger partial charge in [-0.1, -0.05) is 26.0 Å². The molecule has 0 aliphatic heterocycles. The molecule has 3 heteroatoms. The number of fused-ring (bicyclic) bond motifs is 1. The van der Waals surface area contributed by atoms with E-state index in [0.717, 1.165) is 27.7 Å². The predicted molar refractivity (Wildman–Crippen MR) is 93.2 cm³/mol. The van der Waals surface area contributed by atoms with E-state index in [-0.39, 0.29) is 5.82 Å². The van der Waals surface area contributed by atoms with Crippen molar-refractivity contribution in [2.45, 2.75) is 40.5 Å². The molecular weight excluding hydrogens is 287 g/mol. The van der Waals surface area contributed by atoms with Crippen molar-refractivity contribution >= 4 is 10.9 Å². The Kier molecular flexibility index (Phi) is 3.88. The van der Waals surface area contributed by atoms with Gasteiger partial charge < -0.3 is 0 Å². The lowest BCUT2D eigenvalue weighted by molar-refractivity contribution is 0.608. The fourth-order valence-corrected chi connectivity index (χ4v) is 2.94. The van der Waals surface area contributed by atoms with Gasteiger partial charge in [-0.05, 0) is 61.1 Å². The highest BCUT2D eigenvalue weighted by Crippen LogP contribution is 2.32. The second-order valence-electron chi connectivity index (χ2n) is 6.46. The molecular formula is C20H21FN2. The summed E-state index contributed by atoms with van der Waals surface area (Å²) in [5, 5.41) is 1.01. The van der Waals surface area contributed by atoms with E-state index in [1.54, 1.807) is 13.3 Å². The molecule has 0 aliphatic rings. The zero-order chi connectivity index (χ0) is 16.7. The molecule has 0 bridgehead atoms. The Morgan fingerprint density at radius 2 is 1.70 bits per heavy atom. The highest BCUT2D eigenvalue weighted by atomic mass is 19.1. The smallest absolute Gasteiger partial charge is 0.129 e. The maximum Gasteiger partial charge on any atom is 0.129 e. The Balaban J connectivity index is 2.29. The number of aryl methyl sites for hydroxylation is 1. The summed E-state index contributed by atoms with van der Waals surface area (Å²) in [6, 6.07) is 8.20. The lowest BCUT2D eigenvalue weighted by Gasteiger charge is -2.14. The second kappa shape index (κ2) is 5.73. The van der Waals surface area contributed by atoms with Gasteiger partial charge in [-0.3, -0.25) is 0 Å². The van der Waals surface area contributed by atoms with Crippen molar-refractivity contribution in [3.05, 3.63) is 58.7 Å². The van der Waals surface area contributed by atoms with Gasteiger partial charge in [0.1, 0.15) is 12.1 Å². The molecule has 0 unspecified atom stereocenters. The molecule has 0 saturated carbocycles. The fourth-order valence-electron chi connectivity index (χ4n) is 2.94. The van der Waals surface area contributed by atoms with E-state index in [9.17, 15) is 4.39 Å². The monoisotopic (exact) mass is 308 g/mol. The quantitative estimate of drug-likeness (QED) is 0.626. The van der Waals surface area contributed by atoms with E-state index in [1.165, 1.54) is 5.56 Å². The highest BCUT2D eigenvalue weighted by molar-refractivity contribution is 5.93. The molecule has 0 radical (unpaired) electrons. The third-order valence-corrected chi connectivity index (χ3v) is 4.59. The van der Waals surface area contributed by atoms with Gasteiger partial charge in [0.05, 0.1) is 11.2 Å². The first-order valence-electron chi connectivity index (χ1n) is 7.91. The SMILES string of the molecule is Cc1cc(-c2ncnc3cc(C(C)C)ccc23)c(C)c(C)c1F. The maximum absolute atomic E-state index is 14.1. The lowest BCUT2D eigenvalue weighted by Crippen LogP contribution is -1.98. The van der Waals surface area contributed by atoms with E-state index in [4.69, 9.17) is 0 Å². The summed E-state index contributed by atoms with van der Waals surface area (Å²) in [5.41, 5.74) is 6.30. The Hall–Kier alpha value is -2.29. The van der Waals surface area contributed by atoms with Gasteiger partial charge in [-0.25, -0.2) is 14.4 Å². The normalized spacial score (nSPS) is 11.4.